The number of quaternary nitrogens is 1. The van der Waals surface area contributed by atoms with E-state index in [1.807, 2.05) is 13.8 Å². The maximum atomic E-state index is 11.8. The lowest BCUT2D eigenvalue weighted by Crippen LogP contribution is -2.35. The summed E-state index contributed by atoms with van der Waals surface area (Å²) in [6.45, 7) is 4.69. The first-order valence-corrected chi connectivity index (χ1v) is 5.96. The molecule has 0 bridgehead atoms. The monoisotopic (exact) mass is 225 g/mol. The van der Waals surface area contributed by atoms with Crippen molar-refractivity contribution in [3.05, 3.63) is 17.5 Å². The van der Waals surface area contributed by atoms with E-state index < -0.39 is 6.10 Å². The summed E-state index contributed by atoms with van der Waals surface area (Å²) in [4.78, 5) is 0. The molecule has 3 nitrogen and oxygen atoms in total. The minimum absolute atomic E-state index is 0.374. The molecule has 0 aromatic heterocycles. The number of unbranched alkanes of at least 4 members (excludes halogenated alkanes) is 2. The van der Waals surface area contributed by atoms with Crippen molar-refractivity contribution in [3.63, 3.8) is 0 Å². The van der Waals surface area contributed by atoms with Gasteiger partial charge in [-0.25, -0.2) is 0 Å². The first-order valence-electron chi connectivity index (χ1n) is 5.96. The SMILES string of the molecule is C#CCCCCC(O)/C=C/[N+]([O-])(CC)CC. The summed E-state index contributed by atoms with van der Waals surface area (Å²) in [5.41, 5.74) is 0. The number of hydrogen-bond donors (Lipinski definition) is 1. The van der Waals surface area contributed by atoms with Crippen molar-refractivity contribution in [1.82, 2.24) is 0 Å². The molecule has 0 saturated carbocycles. The van der Waals surface area contributed by atoms with Gasteiger partial charge in [-0.1, -0.05) is 0 Å². The van der Waals surface area contributed by atoms with Crippen LogP contribution in [-0.4, -0.2) is 28.9 Å². The first kappa shape index (κ1) is 15.2. The molecule has 1 atom stereocenters. The fourth-order valence-corrected chi connectivity index (χ4v) is 1.37. The maximum absolute atomic E-state index is 11.8. The lowest BCUT2D eigenvalue weighted by Gasteiger charge is -2.36. The van der Waals surface area contributed by atoms with Crippen LogP contribution in [0.25, 0.3) is 0 Å². The quantitative estimate of drug-likeness (QED) is 0.298. The highest BCUT2D eigenvalue weighted by molar-refractivity contribution is 4.86. The van der Waals surface area contributed by atoms with Crippen molar-refractivity contribution >= 4 is 0 Å². The van der Waals surface area contributed by atoms with E-state index in [1.165, 1.54) is 0 Å². The number of terminal acetylenes is 1. The van der Waals surface area contributed by atoms with Crippen molar-refractivity contribution in [1.29, 1.82) is 0 Å². The third-order valence-electron chi connectivity index (χ3n) is 2.72. The van der Waals surface area contributed by atoms with E-state index in [0.717, 1.165) is 19.3 Å². The number of nitrogens with zero attached hydrogens (tertiary/aromatic N) is 1. The topological polar surface area (TPSA) is 43.3 Å². The van der Waals surface area contributed by atoms with Crippen molar-refractivity contribution in [2.45, 2.75) is 45.6 Å². The first-order chi connectivity index (χ1) is 7.58. The van der Waals surface area contributed by atoms with Crippen LogP contribution in [0.5, 0.6) is 0 Å². The van der Waals surface area contributed by atoms with Crippen LogP contribution in [0.3, 0.4) is 0 Å². The van der Waals surface area contributed by atoms with Gasteiger partial charge in [-0.15, -0.1) is 12.3 Å². The molecule has 1 unspecified atom stereocenters. The summed E-state index contributed by atoms with van der Waals surface area (Å²) in [5.74, 6) is 2.56. The van der Waals surface area contributed by atoms with Crippen molar-refractivity contribution in [3.8, 4) is 12.3 Å². The van der Waals surface area contributed by atoms with Gasteiger partial charge in [-0.3, -0.25) is 0 Å². The maximum Gasteiger partial charge on any atom is 0.0944 e. The largest absolute Gasteiger partial charge is 0.628 e. The number of hydroxylamine groups is 3. The minimum Gasteiger partial charge on any atom is -0.628 e. The Balaban J connectivity index is 3.90. The van der Waals surface area contributed by atoms with E-state index in [-0.39, 0.29) is 4.65 Å². The third kappa shape index (κ3) is 6.62. The van der Waals surface area contributed by atoms with Crippen LogP contribution in [0, 0.1) is 17.6 Å². The standard InChI is InChI=1S/C13H23NO2/c1-4-7-8-9-10-13(15)11-12-14(16,5-2)6-3/h1,11-13,15H,5-10H2,2-3H3/b12-11+. The molecular weight excluding hydrogens is 202 g/mol. The Kier molecular flexibility index (Phi) is 7.92. The van der Waals surface area contributed by atoms with E-state index >= 15 is 0 Å². The smallest absolute Gasteiger partial charge is 0.0944 e. The second kappa shape index (κ2) is 8.35. The second-order valence-corrected chi connectivity index (χ2v) is 3.94. The highest BCUT2D eigenvalue weighted by Gasteiger charge is 2.07. The Morgan fingerprint density at radius 1 is 1.38 bits per heavy atom. The molecule has 0 aromatic rings. The fourth-order valence-electron chi connectivity index (χ4n) is 1.37. The summed E-state index contributed by atoms with van der Waals surface area (Å²) in [6.07, 6.45) is 11.0. The summed E-state index contributed by atoms with van der Waals surface area (Å²) in [6, 6.07) is 0. The Hall–Kier alpha value is -0.820. The van der Waals surface area contributed by atoms with E-state index in [9.17, 15) is 10.3 Å². The number of rotatable bonds is 8. The molecule has 0 spiro atoms. The molecule has 0 aliphatic heterocycles. The molecule has 0 aromatic carbocycles. The van der Waals surface area contributed by atoms with Gasteiger partial charge in [-0.05, 0) is 39.2 Å². The van der Waals surface area contributed by atoms with Gasteiger partial charge in [0.1, 0.15) is 0 Å². The third-order valence-corrected chi connectivity index (χ3v) is 2.72. The molecule has 0 amide bonds. The molecule has 0 aliphatic carbocycles. The molecule has 0 fully saturated rings. The Bertz CT molecular complexity index is 239. The number of hydrogen-bond acceptors (Lipinski definition) is 2. The van der Waals surface area contributed by atoms with E-state index in [2.05, 4.69) is 5.92 Å². The average Bonchev–Trinajstić information content (AvgIpc) is 2.31. The second-order valence-electron chi connectivity index (χ2n) is 3.94. The molecule has 0 radical (unpaired) electrons. The summed E-state index contributed by atoms with van der Waals surface area (Å²) < 4.78 is -0.374. The zero-order valence-electron chi connectivity index (χ0n) is 10.4. The molecule has 1 N–H and O–H groups in total. The van der Waals surface area contributed by atoms with E-state index in [0.29, 0.717) is 19.5 Å². The van der Waals surface area contributed by atoms with Crippen LogP contribution in [0.2, 0.25) is 0 Å². The van der Waals surface area contributed by atoms with E-state index in [4.69, 9.17) is 6.42 Å². The lowest BCUT2D eigenvalue weighted by atomic mass is 10.1. The van der Waals surface area contributed by atoms with Crippen LogP contribution in [-0.2, 0) is 0 Å². The molecule has 0 heterocycles. The van der Waals surface area contributed by atoms with Crippen LogP contribution in [0.4, 0.5) is 0 Å². The Morgan fingerprint density at radius 2 is 2.00 bits per heavy atom. The average molecular weight is 225 g/mol. The zero-order chi connectivity index (χ0) is 12.4. The highest BCUT2D eigenvalue weighted by atomic mass is 16.5. The molecule has 3 heteroatoms. The highest BCUT2D eigenvalue weighted by Crippen LogP contribution is 2.08. The molecule has 0 rings (SSSR count). The minimum atomic E-state index is -0.526. The predicted molar refractivity (Wildman–Crippen MR) is 67.2 cm³/mol. The molecule has 16 heavy (non-hydrogen) atoms. The lowest BCUT2D eigenvalue weighted by molar-refractivity contribution is -0.825. The van der Waals surface area contributed by atoms with Gasteiger partial charge in [0.2, 0.25) is 0 Å². The molecular formula is C13H23NO2. The zero-order valence-corrected chi connectivity index (χ0v) is 10.4. The van der Waals surface area contributed by atoms with Crippen molar-refractivity contribution < 1.29 is 9.75 Å². The van der Waals surface area contributed by atoms with Gasteiger partial charge in [0.25, 0.3) is 0 Å². The van der Waals surface area contributed by atoms with Gasteiger partial charge in [0.15, 0.2) is 0 Å². The number of aliphatic hydroxyl groups excluding tert-OH is 1. The Labute approximate surface area is 98.9 Å². The van der Waals surface area contributed by atoms with Crippen molar-refractivity contribution in [2.24, 2.45) is 0 Å². The van der Waals surface area contributed by atoms with Gasteiger partial charge >= 0.3 is 0 Å². The van der Waals surface area contributed by atoms with Crippen LogP contribution >= 0.6 is 0 Å². The predicted octanol–water partition coefficient (Wildman–Crippen LogP) is 2.41. The van der Waals surface area contributed by atoms with Gasteiger partial charge in [-0.2, -0.15) is 0 Å². The van der Waals surface area contributed by atoms with Gasteiger partial charge in [0.05, 0.1) is 25.4 Å². The molecule has 92 valence electrons. The fraction of sp³-hybridized carbons (Fsp3) is 0.692. The summed E-state index contributed by atoms with van der Waals surface area (Å²) in [7, 11) is 0. The van der Waals surface area contributed by atoms with Gasteiger partial charge in [0, 0.05) is 6.42 Å². The summed E-state index contributed by atoms with van der Waals surface area (Å²) in [5, 5.41) is 21.4. The summed E-state index contributed by atoms with van der Waals surface area (Å²) >= 11 is 0. The van der Waals surface area contributed by atoms with Crippen molar-refractivity contribution in [2.75, 3.05) is 13.1 Å². The normalized spacial score (nSPS) is 13.9. The van der Waals surface area contributed by atoms with E-state index in [1.54, 1.807) is 12.3 Å². The molecule has 0 aliphatic rings. The Morgan fingerprint density at radius 3 is 2.50 bits per heavy atom. The van der Waals surface area contributed by atoms with Crippen LogP contribution in [0.1, 0.15) is 39.5 Å². The van der Waals surface area contributed by atoms with Crippen LogP contribution < -0.4 is 0 Å². The number of aliphatic hydroxyl groups is 1. The van der Waals surface area contributed by atoms with Gasteiger partial charge < -0.3 is 15.0 Å². The molecule has 0 saturated heterocycles. The van der Waals surface area contributed by atoms with Crippen LogP contribution in [0.15, 0.2) is 12.3 Å².